The quantitative estimate of drug-likeness (QED) is 0.475. The lowest BCUT2D eigenvalue weighted by Gasteiger charge is -2.10. The predicted octanol–water partition coefficient (Wildman–Crippen LogP) is 0.0761. The normalized spacial score (nSPS) is 14.2. The Morgan fingerprint density at radius 1 is 1.18 bits per heavy atom. The molecular weight excluding hydrogens is 276 g/mol. The summed E-state index contributed by atoms with van der Waals surface area (Å²) in [6.45, 7) is 0. The third-order valence-electron chi connectivity index (χ3n) is 3.78. The van der Waals surface area contributed by atoms with Crippen LogP contribution >= 0.6 is 0 Å². The highest BCUT2D eigenvalue weighted by Gasteiger charge is 2.13. The highest BCUT2D eigenvalue weighted by atomic mass is 15.1. The van der Waals surface area contributed by atoms with Gasteiger partial charge in [-0.3, -0.25) is 0 Å². The Morgan fingerprint density at radius 2 is 2.09 bits per heavy atom. The van der Waals surface area contributed by atoms with Crippen LogP contribution in [0.1, 0.15) is 11.3 Å². The van der Waals surface area contributed by atoms with E-state index in [2.05, 4.69) is 20.5 Å². The Morgan fingerprint density at radius 3 is 2.86 bits per heavy atom. The fraction of sp³-hybridized carbons (Fsp3) is 0. The van der Waals surface area contributed by atoms with Crippen molar-refractivity contribution in [3.63, 3.8) is 0 Å². The minimum Gasteiger partial charge on any atom is -0.404 e. The molecule has 0 saturated heterocycles. The van der Waals surface area contributed by atoms with E-state index in [1.807, 2.05) is 36.5 Å². The third-order valence-corrected chi connectivity index (χ3v) is 3.78. The molecule has 6 nitrogen and oxygen atoms in total. The summed E-state index contributed by atoms with van der Waals surface area (Å²) >= 11 is 0. The van der Waals surface area contributed by atoms with Crippen LogP contribution in [0.25, 0.3) is 35.1 Å². The second-order valence-electron chi connectivity index (χ2n) is 5.07. The maximum Gasteiger partial charge on any atom is 0.109 e. The van der Waals surface area contributed by atoms with E-state index in [4.69, 9.17) is 11.5 Å². The Bertz CT molecular complexity index is 1010. The summed E-state index contributed by atoms with van der Waals surface area (Å²) in [5.41, 5.74) is 16.2. The van der Waals surface area contributed by atoms with E-state index in [0.29, 0.717) is 5.69 Å². The van der Waals surface area contributed by atoms with Gasteiger partial charge in [0.05, 0.1) is 11.0 Å². The highest BCUT2D eigenvalue weighted by molar-refractivity contribution is 5.98. The van der Waals surface area contributed by atoms with Crippen molar-refractivity contribution in [3.8, 4) is 0 Å². The molecule has 4 rings (SSSR count). The van der Waals surface area contributed by atoms with Crippen molar-refractivity contribution in [1.29, 1.82) is 0 Å². The topological polar surface area (TPSA) is 106 Å². The van der Waals surface area contributed by atoms with Crippen LogP contribution in [0, 0.1) is 0 Å². The van der Waals surface area contributed by atoms with Crippen molar-refractivity contribution in [2.24, 2.45) is 5.73 Å². The first kappa shape index (κ1) is 12.5. The molecule has 0 aliphatic carbocycles. The van der Waals surface area contributed by atoms with Crippen LogP contribution in [0.5, 0.6) is 0 Å². The lowest BCUT2D eigenvalue weighted by Crippen LogP contribution is -2.20. The molecule has 3 aromatic rings. The lowest BCUT2D eigenvalue weighted by molar-refractivity contribution is 0.997. The molecule has 0 bridgehead atoms. The van der Waals surface area contributed by atoms with Gasteiger partial charge in [-0.25, -0.2) is 0 Å². The number of fused-ring (bicyclic) bond motifs is 3. The molecule has 0 unspecified atom stereocenters. The number of anilines is 1. The van der Waals surface area contributed by atoms with E-state index >= 15 is 0 Å². The van der Waals surface area contributed by atoms with Gasteiger partial charge < -0.3 is 21.8 Å². The van der Waals surface area contributed by atoms with E-state index in [9.17, 15) is 0 Å². The second-order valence-corrected chi connectivity index (χ2v) is 5.07. The molecule has 22 heavy (non-hydrogen) atoms. The maximum absolute atomic E-state index is 6.04. The summed E-state index contributed by atoms with van der Waals surface area (Å²) in [6.07, 6.45) is 7.14. The van der Waals surface area contributed by atoms with E-state index < -0.39 is 0 Å². The number of rotatable bonds is 1. The Hall–Kier alpha value is -3.28. The lowest BCUT2D eigenvalue weighted by atomic mass is 10.1. The first-order chi connectivity index (χ1) is 10.8. The standard InChI is InChI=1S/C16H14N6/c17-7-10-11(18)3-4-13-16(10)9-6-14(19-8-15(9)21-13)12-2-1-5-20-22-12/h1-8,19,21H,17-18H2/b10-7+. The predicted molar refractivity (Wildman–Crippen MR) is 88.1 cm³/mol. The van der Waals surface area contributed by atoms with E-state index in [1.165, 1.54) is 0 Å². The molecule has 0 atom stereocenters. The van der Waals surface area contributed by atoms with Crippen LogP contribution in [0.4, 0.5) is 5.69 Å². The van der Waals surface area contributed by atoms with E-state index in [-0.39, 0.29) is 0 Å². The summed E-state index contributed by atoms with van der Waals surface area (Å²) in [4.78, 5) is 3.36. The molecule has 3 heterocycles. The molecule has 1 aliphatic heterocycles. The summed E-state index contributed by atoms with van der Waals surface area (Å²) in [5, 5.41) is 14.1. The molecule has 0 fully saturated rings. The zero-order valence-electron chi connectivity index (χ0n) is 11.7. The van der Waals surface area contributed by atoms with Gasteiger partial charge in [0, 0.05) is 46.0 Å². The van der Waals surface area contributed by atoms with Gasteiger partial charge in [0.15, 0.2) is 0 Å². The molecule has 0 radical (unpaired) electrons. The average molecular weight is 290 g/mol. The summed E-state index contributed by atoms with van der Waals surface area (Å²) in [6, 6.07) is 7.57. The van der Waals surface area contributed by atoms with Crippen molar-refractivity contribution >= 4 is 40.8 Å². The average Bonchev–Trinajstić information content (AvgIpc) is 2.93. The fourth-order valence-electron chi connectivity index (χ4n) is 2.75. The number of hydrogen-bond acceptors (Lipinski definition) is 5. The second kappa shape index (κ2) is 4.63. The van der Waals surface area contributed by atoms with Crippen LogP contribution < -0.4 is 27.4 Å². The minimum atomic E-state index is 0.657. The first-order valence-corrected chi connectivity index (χ1v) is 6.86. The van der Waals surface area contributed by atoms with Crippen LogP contribution in [0.2, 0.25) is 0 Å². The number of nitrogens with zero attached hydrogens (tertiary/aromatic N) is 2. The van der Waals surface area contributed by atoms with Gasteiger partial charge in [-0.1, -0.05) is 0 Å². The third kappa shape index (κ3) is 1.74. The van der Waals surface area contributed by atoms with E-state index in [0.717, 1.165) is 38.4 Å². The van der Waals surface area contributed by atoms with Gasteiger partial charge in [0.25, 0.3) is 0 Å². The smallest absolute Gasteiger partial charge is 0.109 e. The number of nitrogens with one attached hydrogen (secondary N) is 2. The highest BCUT2D eigenvalue weighted by Crippen LogP contribution is 2.20. The molecule has 0 spiro atoms. The number of hydrogen-bond donors (Lipinski definition) is 4. The zero-order valence-corrected chi connectivity index (χ0v) is 11.7. The Balaban J connectivity index is 2.04. The van der Waals surface area contributed by atoms with Gasteiger partial charge in [0.1, 0.15) is 5.69 Å². The van der Waals surface area contributed by atoms with Crippen LogP contribution in [0.15, 0.2) is 30.5 Å². The van der Waals surface area contributed by atoms with Gasteiger partial charge in [0.2, 0.25) is 0 Å². The molecule has 2 aromatic heterocycles. The number of nitrogen functional groups attached to an aromatic ring is 1. The van der Waals surface area contributed by atoms with E-state index in [1.54, 1.807) is 12.4 Å². The minimum absolute atomic E-state index is 0.657. The molecular formula is C16H14N6. The molecule has 6 heteroatoms. The Kier molecular flexibility index (Phi) is 2.62. The van der Waals surface area contributed by atoms with Gasteiger partial charge in [-0.15, -0.1) is 5.10 Å². The summed E-state index contributed by atoms with van der Waals surface area (Å²) in [5.74, 6) is 0. The maximum atomic E-state index is 6.04. The molecule has 1 aromatic carbocycles. The SMILES string of the molecule is N/C=c1\c(N)ccc2[nH]c3c(c12)C=C(c1cccnn1)NC=3. The Labute approximate surface area is 125 Å². The summed E-state index contributed by atoms with van der Waals surface area (Å²) < 4.78 is 0. The first-order valence-electron chi connectivity index (χ1n) is 6.86. The largest absolute Gasteiger partial charge is 0.404 e. The van der Waals surface area contributed by atoms with Crippen molar-refractivity contribution in [2.75, 3.05) is 5.73 Å². The van der Waals surface area contributed by atoms with Crippen LogP contribution in [-0.4, -0.2) is 15.2 Å². The number of H-pyrrole nitrogens is 1. The van der Waals surface area contributed by atoms with Crippen molar-refractivity contribution < 1.29 is 0 Å². The van der Waals surface area contributed by atoms with Crippen molar-refractivity contribution in [2.45, 2.75) is 0 Å². The monoisotopic (exact) mass is 290 g/mol. The van der Waals surface area contributed by atoms with Crippen LogP contribution in [0.3, 0.4) is 0 Å². The molecule has 1 aliphatic rings. The number of aromatic amines is 1. The number of nitrogens with two attached hydrogens (primary N) is 2. The van der Waals surface area contributed by atoms with Crippen molar-refractivity contribution in [3.05, 3.63) is 52.3 Å². The van der Waals surface area contributed by atoms with Gasteiger partial charge >= 0.3 is 0 Å². The summed E-state index contributed by atoms with van der Waals surface area (Å²) in [7, 11) is 0. The number of benzene rings is 1. The van der Waals surface area contributed by atoms with Gasteiger partial charge in [-0.05, 0) is 30.3 Å². The zero-order chi connectivity index (χ0) is 15.1. The van der Waals surface area contributed by atoms with Crippen molar-refractivity contribution in [1.82, 2.24) is 20.5 Å². The molecule has 6 N–H and O–H groups in total. The van der Waals surface area contributed by atoms with Gasteiger partial charge in [-0.2, -0.15) is 5.10 Å². The molecule has 108 valence electrons. The van der Waals surface area contributed by atoms with Crippen LogP contribution in [-0.2, 0) is 0 Å². The molecule has 0 saturated carbocycles. The fourth-order valence-corrected chi connectivity index (χ4v) is 2.75. The number of aromatic nitrogens is 3. The molecule has 0 amide bonds.